The van der Waals surface area contributed by atoms with Gasteiger partial charge in [0.1, 0.15) is 0 Å². The lowest BCUT2D eigenvalue weighted by Gasteiger charge is -2.13. The van der Waals surface area contributed by atoms with Gasteiger partial charge in [-0.1, -0.05) is 11.6 Å². The van der Waals surface area contributed by atoms with Crippen molar-refractivity contribution in [2.75, 3.05) is 7.11 Å². The molecule has 0 spiro atoms. The minimum Gasteiger partial charge on any atom is -0.504 e. The zero-order valence-electron chi connectivity index (χ0n) is 8.00. The van der Waals surface area contributed by atoms with Gasteiger partial charge in [0.2, 0.25) is 0 Å². The highest BCUT2D eigenvalue weighted by Gasteiger charge is 2.14. The minimum atomic E-state index is -0.0184. The summed E-state index contributed by atoms with van der Waals surface area (Å²) >= 11 is 5.87. The predicted molar refractivity (Wildman–Crippen MR) is 53.4 cm³/mol. The van der Waals surface area contributed by atoms with E-state index in [9.17, 15) is 5.11 Å². The van der Waals surface area contributed by atoms with Gasteiger partial charge >= 0.3 is 0 Å². The summed E-state index contributed by atoms with van der Waals surface area (Å²) in [6, 6.07) is 1.43. The molecule has 0 aliphatic carbocycles. The van der Waals surface area contributed by atoms with Crippen LogP contribution in [-0.4, -0.2) is 12.2 Å². The molecule has 0 radical (unpaired) electrons. The summed E-state index contributed by atoms with van der Waals surface area (Å²) in [5.41, 5.74) is 1.44. The maximum atomic E-state index is 9.52. The molecule has 0 aliphatic rings. The molecule has 0 bridgehead atoms. The van der Waals surface area contributed by atoms with Gasteiger partial charge in [-0.2, -0.15) is 0 Å². The van der Waals surface area contributed by atoms with Crippen LogP contribution in [0.25, 0.3) is 0 Å². The summed E-state index contributed by atoms with van der Waals surface area (Å²) < 4.78 is 5.02. The smallest absolute Gasteiger partial charge is 0.166 e. The Morgan fingerprint density at radius 1 is 1.57 bits per heavy atom. The van der Waals surface area contributed by atoms with E-state index in [-0.39, 0.29) is 12.4 Å². The molecule has 5 heteroatoms. The first-order valence-electron chi connectivity index (χ1n) is 3.98. The number of aromatic hydroxyl groups is 1. The number of benzene rings is 1. The largest absolute Gasteiger partial charge is 0.504 e. The molecule has 3 N–H and O–H groups in total. The summed E-state index contributed by atoms with van der Waals surface area (Å²) in [7, 11) is 1.46. The fraction of sp³-hybridized carbons (Fsp3) is 0.333. The SMILES string of the molecule is COc1c(O)cc(Cl)c(C)c1CON. The lowest BCUT2D eigenvalue weighted by Crippen LogP contribution is -2.03. The zero-order chi connectivity index (χ0) is 10.7. The quantitative estimate of drug-likeness (QED) is 0.758. The van der Waals surface area contributed by atoms with Crippen molar-refractivity contribution in [2.45, 2.75) is 13.5 Å². The summed E-state index contributed by atoms with van der Waals surface area (Å²) in [5, 5.41) is 9.97. The Balaban J connectivity index is 3.32. The number of hydrogen-bond donors (Lipinski definition) is 2. The predicted octanol–water partition coefficient (Wildman–Crippen LogP) is 1.75. The van der Waals surface area contributed by atoms with Gasteiger partial charge in [0.25, 0.3) is 0 Å². The molecular formula is C9H12ClNO3. The molecule has 14 heavy (non-hydrogen) atoms. The van der Waals surface area contributed by atoms with E-state index < -0.39 is 0 Å². The molecule has 0 amide bonds. The van der Waals surface area contributed by atoms with Crippen LogP contribution in [0.2, 0.25) is 5.02 Å². The van der Waals surface area contributed by atoms with Crippen molar-refractivity contribution in [3.63, 3.8) is 0 Å². The van der Waals surface area contributed by atoms with Crippen LogP contribution in [0.1, 0.15) is 11.1 Å². The molecule has 0 unspecified atom stereocenters. The van der Waals surface area contributed by atoms with E-state index in [0.717, 1.165) is 5.56 Å². The van der Waals surface area contributed by atoms with Gasteiger partial charge in [0.15, 0.2) is 11.5 Å². The molecule has 0 aliphatic heterocycles. The Labute approximate surface area is 87.1 Å². The first-order chi connectivity index (χ1) is 6.61. The van der Waals surface area contributed by atoms with Crippen LogP contribution in [0.4, 0.5) is 0 Å². The highest BCUT2D eigenvalue weighted by molar-refractivity contribution is 6.31. The lowest BCUT2D eigenvalue weighted by molar-refractivity contribution is 0.121. The normalized spacial score (nSPS) is 10.3. The third-order valence-electron chi connectivity index (χ3n) is 2.01. The maximum Gasteiger partial charge on any atom is 0.166 e. The first kappa shape index (κ1) is 11.1. The molecule has 4 nitrogen and oxygen atoms in total. The van der Waals surface area contributed by atoms with E-state index in [1.165, 1.54) is 13.2 Å². The van der Waals surface area contributed by atoms with Crippen molar-refractivity contribution < 1.29 is 14.7 Å². The molecule has 1 aromatic carbocycles. The van der Waals surface area contributed by atoms with Crippen molar-refractivity contribution in [1.29, 1.82) is 0 Å². The van der Waals surface area contributed by atoms with Gasteiger partial charge in [0, 0.05) is 16.7 Å². The Hall–Kier alpha value is -0.970. The van der Waals surface area contributed by atoms with E-state index in [4.69, 9.17) is 22.2 Å². The molecule has 1 rings (SSSR count). The third-order valence-corrected chi connectivity index (χ3v) is 2.41. The summed E-state index contributed by atoms with van der Waals surface area (Å²) in [4.78, 5) is 4.51. The Kier molecular flexibility index (Phi) is 3.57. The highest BCUT2D eigenvalue weighted by Crippen LogP contribution is 2.37. The van der Waals surface area contributed by atoms with Crippen LogP contribution in [0.15, 0.2) is 6.07 Å². The number of phenols is 1. The number of hydrogen-bond acceptors (Lipinski definition) is 4. The second-order valence-electron chi connectivity index (χ2n) is 2.83. The number of nitrogens with two attached hydrogens (primary N) is 1. The van der Waals surface area contributed by atoms with Gasteiger partial charge in [-0.3, -0.25) is 4.84 Å². The highest BCUT2D eigenvalue weighted by atomic mass is 35.5. The van der Waals surface area contributed by atoms with Crippen LogP contribution >= 0.6 is 11.6 Å². The van der Waals surface area contributed by atoms with E-state index in [0.29, 0.717) is 16.3 Å². The minimum absolute atomic E-state index is 0.0184. The number of ether oxygens (including phenoxy) is 1. The fourth-order valence-electron chi connectivity index (χ4n) is 1.25. The second-order valence-corrected chi connectivity index (χ2v) is 3.23. The molecule has 0 saturated carbocycles. The zero-order valence-corrected chi connectivity index (χ0v) is 8.76. The molecule has 0 atom stereocenters. The third kappa shape index (κ3) is 1.92. The molecule has 0 saturated heterocycles. The average molecular weight is 218 g/mol. The summed E-state index contributed by atoms with van der Waals surface area (Å²) in [6.07, 6.45) is 0. The van der Waals surface area contributed by atoms with E-state index in [1.54, 1.807) is 6.92 Å². The van der Waals surface area contributed by atoms with E-state index in [2.05, 4.69) is 4.84 Å². The van der Waals surface area contributed by atoms with Crippen molar-refractivity contribution in [1.82, 2.24) is 0 Å². The molecular weight excluding hydrogens is 206 g/mol. The van der Waals surface area contributed by atoms with E-state index in [1.807, 2.05) is 0 Å². The van der Waals surface area contributed by atoms with Crippen molar-refractivity contribution in [3.05, 3.63) is 22.2 Å². The van der Waals surface area contributed by atoms with Crippen LogP contribution < -0.4 is 10.6 Å². The maximum absolute atomic E-state index is 9.52. The Morgan fingerprint density at radius 3 is 2.71 bits per heavy atom. The number of methoxy groups -OCH3 is 1. The molecule has 78 valence electrons. The van der Waals surface area contributed by atoms with Crippen molar-refractivity contribution in [2.24, 2.45) is 5.90 Å². The monoisotopic (exact) mass is 217 g/mol. The topological polar surface area (TPSA) is 64.7 Å². The number of rotatable bonds is 3. The molecule has 0 aromatic heterocycles. The van der Waals surface area contributed by atoms with Gasteiger partial charge in [-0.05, 0) is 12.5 Å². The average Bonchev–Trinajstić information content (AvgIpc) is 2.14. The van der Waals surface area contributed by atoms with Gasteiger partial charge in [0.05, 0.1) is 13.7 Å². The standard InChI is InChI=1S/C9H12ClNO3/c1-5-6(4-14-11)9(13-2)8(12)3-7(5)10/h3,12H,4,11H2,1-2H3. The molecule has 1 aromatic rings. The van der Waals surface area contributed by atoms with Crippen LogP contribution in [0.3, 0.4) is 0 Å². The van der Waals surface area contributed by atoms with Crippen molar-refractivity contribution in [3.8, 4) is 11.5 Å². The molecule has 0 heterocycles. The van der Waals surface area contributed by atoms with Crippen LogP contribution in [0.5, 0.6) is 11.5 Å². The fourth-order valence-corrected chi connectivity index (χ4v) is 1.47. The van der Waals surface area contributed by atoms with Gasteiger partial charge in [-0.25, -0.2) is 5.90 Å². The van der Waals surface area contributed by atoms with Crippen LogP contribution in [-0.2, 0) is 11.4 Å². The Morgan fingerprint density at radius 2 is 2.21 bits per heavy atom. The van der Waals surface area contributed by atoms with Crippen LogP contribution in [0, 0.1) is 6.92 Å². The Bertz CT molecular complexity index is 341. The summed E-state index contributed by atoms with van der Waals surface area (Å²) in [5.74, 6) is 5.30. The van der Waals surface area contributed by atoms with Gasteiger partial charge < -0.3 is 9.84 Å². The van der Waals surface area contributed by atoms with Crippen molar-refractivity contribution >= 4 is 11.6 Å². The molecule has 0 fully saturated rings. The lowest BCUT2D eigenvalue weighted by atomic mass is 10.1. The summed E-state index contributed by atoms with van der Waals surface area (Å²) in [6.45, 7) is 1.95. The van der Waals surface area contributed by atoms with E-state index >= 15 is 0 Å². The second kappa shape index (κ2) is 4.50. The first-order valence-corrected chi connectivity index (χ1v) is 4.36. The number of halogens is 1. The van der Waals surface area contributed by atoms with Gasteiger partial charge in [-0.15, -0.1) is 0 Å². The number of phenolic OH excluding ortho intramolecular Hbond substituents is 1.